The molecule has 0 saturated carbocycles. The molecule has 2 aromatic rings. The summed E-state index contributed by atoms with van der Waals surface area (Å²) < 4.78 is 4.97. The van der Waals surface area contributed by atoms with Gasteiger partial charge < -0.3 is 10.1 Å². The molecule has 0 saturated heterocycles. The topological polar surface area (TPSA) is 38.3 Å². The van der Waals surface area contributed by atoms with Gasteiger partial charge in [-0.1, -0.05) is 43.7 Å². The Labute approximate surface area is 136 Å². The minimum Gasteiger partial charge on any atom is -0.384 e. The van der Waals surface area contributed by atoms with Crippen LogP contribution in [0.4, 0.5) is 0 Å². The van der Waals surface area contributed by atoms with Gasteiger partial charge in [0.1, 0.15) is 0 Å². The van der Waals surface area contributed by atoms with Gasteiger partial charge in [0, 0.05) is 18.4 Å². The number of methoxy groups -OCH3 is 1. The number of aryl methyl sites for hydroxylation is 1. The second-order valence-electron chi connectivity index (χ2n) is 5.25. The van der Waals surface area contributed by atoms with Crippen LogP contribution in [0.2, 0.25) is 0 Å². The lowest BCUT2D eigenvalue weighted by molar-refractivity contribution is -0.122. The Hall–Kier alpha value is -1.65. The molecular weight excluding hydrogens is 294 g/mol. The lowest BCUT2D eigenvalue weighted by atomic mass is 10.0. The second kappa shape index (κ2) is 8.71. The van der Waals surface area contributed by atoms with E-state index in [2.05, 4.69) is 42.6 Å². The first-order chi connectivity index (χ1) is 10.7. The molecule has 0 spiro atoms. The van der Waals surface area contributed by atoms with Gasteiger partial charge in [0.25, 0.3) is 0 Å². The van der Waals surface area contributed by atoms with Crippen LogP contribution >= 0.6 is 11.3 Å². The van der Waals surface area contributed by atoms with Gasteiger partial charge >= 0.3 is 0 Å². The maximum atomic E-state index is 12.1. The van der Waals surface area contributed by atoms with Gasteiger partial charge in [0.15, 0.2) is 0 Å². The van der Waals surface area contributed by atoms with Crippen LogP contribution < -0.4 is 5.32 Å². The molecule has 1 unspecified atom stereocenters. The molecule has 0 radical (unpaired) electrons. The SMILES string of the molecule is CCCc1ccc(C(NC(=O)CCOC)c2cccs2)cc1. The van der Waals surface area contributed by atoms with Crippen LogP contribution in [0.15, 0.2) is 41.8 Å². The van der Waals surface area contributed by atoms with E-state index in [1.165, 1.54) is 5.56 Å². The van der Waals surface area contributed by atoms with E-state index in [4.69, 9.17) is 4.74 Å². The van der Waals surface area contributed by atoms with Gasteiger partial charge in [-0.2, -0.15) is 0 Å². The van der Waals surface area contributed by atoms with Crippen molar-refractivity contribution in [1.29, 1.82) is 0 Å². The zero-order valence-corrected chi connectivity index (χ0v) is 14.0. The Bertz CT molecular complexity index is 563. The number of ether oxygens (including phenoxy) is 1. The quantitative estimate of drug-likeness (QED) is 0.801. The summed E-state index contributed by atoms with van der Waals surface area (Å²) in [5, 5.41) is 5.15. The van der Waals surface area contributed by atoms with Crippen LogP contribution in [0.1, 0.15) is 41.8 Å². The summed E-state index contributed by atoms with van der Waals surface area (Å²) in [4.78, 5) is 13.2. The Morgan fingerprint density at radius 2 is 2.05 bits per heavy atom. The molecule has 4 heteroatoms. The first kappa shape index (κ1) is 16.7. The van der Waals surface area contributed by atoms with Crippen LogP contribution in [0, 0.1) is 0 Å². The minimum absolute atomic E-state index is 0.0119. The molecule has 2 rings (SSSR count). The molecule has 1 heterocycles. The summed E-state index contributed by atoms with van der Waals surface area (Å²) >= 11 is 1.66. The Balaban J connectivity index is 2.15. The van der Waals surface area contributed by atoms with Gasteiger partial charge in [-0.25, -0.2) is 0 Å². The minimum atomic E-state index is -0.0833. The molecule has 22 heavy (non-hydrogen) atoms. The van der Waals surface area contributed by atoms with Crippen molar-refractivity contribution in [2.24, 2.45) is 0 Å². The first-order valence-corrected chi connectivity index (χ1v) is 8.53. The highest BCUT2D eigenvalue weighted by Crippen LogP contribution is 2.26. The Kier molecular flexibility index (Phi) is 6.62. The number of carbonyl (C=O) groups is 1. The lowest BCUT2D eigenvalue weighted by Gasteiger charge is -2.18. The maximum Gasteiger partial charge on any atom is 0.223 e. The van der Waals surface area contributed by atoms with Crippen molar-refractivity contribution >= 4 is 17.2 Å². The number of hydrogen-bond donors (Lipinski definition) is 1. The standard InChI is InChI=1S/C18H23NO2S/c1-3-5-14-7-9-15(10-8-14)18(16-6-4-13-22-16)19-17(20)11-12-21-2/h4,6-10,13,18H,3,5,11-12H2,1-2H3,(H,19,20). The Morgan fingerprint density at radius 3 is 2.64 bits per heavy atom. The number of thiophene rings is 1. The van der Waals surface area contributed by atoms with Crippen LogP contribution in [0.25, 0.3) is 0 Å². The normalized spacial score (nSPS) is 12.1. The van der Waals surface area contributed by atoms with Crippen molar-refractivity contribution < 1.29 is 9.53 Å². The smallest absolute Gasteiger partial charge is 0.223 e. The number of nitrogens with one attached hydrogen (secondary N) is 1. The number of benzene rings is 1. The predicted molar refractivity (Wildman–Crippen MR) is 91.2 cm³/mol. The highest BCUT2D eigenvalue weighted by molar-refractivity contribution is 7.10. The molecule has 0 aliphatic heterocycles. The third-order valence-corrected chi connectivity index (χ3v) is 4.46. The summed E-state index contributed by atoms with van der Waals surface area (Å²) in [6, 6.07) is 12.5. The van der Waals surface area contributed by atoms with E-state index in [1.807, 2.05) is 11.4 Å². The van der Waals surface area contributed by atoms with Crippen LogP contribution in [-0.2, 0) is 16.0 Å². The molecule has 1 amide bonds. The molecular formula is C18H23NO2S. The van der Waals surface area contributed by atoms with E-state index < -0.39 is 0 Å². The van der Waals surface area contributed by atoms with Crippen molar-refractivity contribution in [1.82, 2.24) is 5.32 Å². The van der Waals surface area contributed by atoms with Crippen LogP contribution in [-0.4, -0.2) is 19.6 Å². The fraction of sp³-hybridized carbons (Fsp3) is 0.389. The molecule has 1 N–H and O–H groups in total. The first-order valence-electron chi connectivity index (χ1n) is 7.65. The second-order valence-corrected chi connectivity index (χ2v) is 6.23. The number of carbonyl (C=O) groups excluding carboxylic acids is 1. The van der Waals surface area contributed by atoms with Crippen molar-refractivity contribution in [2.45, 2.75) is 32.2 Å². The van der Waals surface area contributed by atoms with Crippen molar-refractivity contribution in [3.05, 3.63) is 57.8 Å². The molecule has 118 valence electrons. The molecule has 1 aromatic heterocycles. The number of hydrogen-bond acceptors (Lipinski definition) is 3. The highest BCUT2D eigenvalue weighted by atomic mass is 32.1. The van der Waals surface area contributed by atoms with Crippen LogP contribution in [0.5, 0.6) is 0 Å². The third kappa shape index (κ3) is 4.68. The van der Waals surface area contributed by atoms with Crippen molar-refractivity contribution in [3.8, 4) is 0 Å². The largest absolute Gasteiger partial charge is 0.384 e. The fourth-order valence-electron chi connectivity index (χ4n) is 2.37. The molecule has 0 aliphatic carbocycles. The zero-order valence-electron chi connectivity index (χ0n) is 13.2. The summed E-state index contributed by atoms with van der Waals surface area (Å²) in [6.07, 6.45) is 2.61. The average molecular weight is 317 g/mol. The fourth-order valence-corrected chi connectivity index (χ4v) is 3.17. The van der Waals surface area contributed by atoms with Gasteiger partial charge in [0.05, 0.1) is 12.6 Å². The van der Waals surface area contributed by atoms with E-state index in [0.717, 1.165) is 23.3 Å². The summed E-state index contributed by atoms with van der Waals surface area (Å²) in [6.45, 7) is 2.62. The molecule has 0 bridgehead atoms. The van der Waals surface area contributed by atoms with E-state index >= 15 is 0 Å². The zero-order chi connectivity index (χ0) is 15.8. The highest BCUT2D eigenvalue weighted by Gasteiger charge is 2.17. The van der Waals surface area contributed by atoms with E-state index in [0.29, 0.717) is 13.0 Å². The lowest BCUT2D eigenvalue weighted by Crippen LogP contribution is -2.29. The summed E-state index contributed by atoms with van der Waals surface area (Å²) in [5.41, 5.74) is 2.45. The predicted octanol–water partition coefficient (Wildman–Crippen LogP) is 3.94. The van der Waals surface area contributed by atoms with E-state index in [1.54, 1.807) is 18.4 Å². The summed E-state index contributed by atoms with van der Waals surface area (Å²) in [7, 11) is 1.61. The van der Waals surface area contributed by atoms with Gasteiger partial charge in [-0.15, -0.1) is 11.3 Å². The van der Waals surface area contributed by atoms with Crippen LogP contribution in [0.3, 0.4) is 0 Å². The molecule has 1 atom stereocenters. The van der Waals surface area contributed by atoms with Crippen molar-refractivity contribution in [2.75, 3.05) is 13.7 Å². The Morgan fingerprint density at radius 1 is 1.27 bits per heavy atom. The monoisotopic (exact) mass is 317 g/mol. The van der Waals surface area contributed by atoms with Gasteiger partial charge in [-0.05, 0) is 29.0 Å². The molecule has 3 nitrogen and oxygen atoms in total. The van der Waals surface area contributed by atoms with Crippen molar-refractivity contribution in [3.63, 3.8) is 0 Å². The van der Waals surface area contributed by atoms with E-state index in [-0.39, 0.29) is 11.9 Å². The number of amides is 1. The van der Waals surface area contributed by atoms with Gasteiger partial charge in [-0.3, -0.25) is 4.79 Å². The third-order valence-electron chi connectivity index (χ3n) is 3.52. The molecule has 0 aliphatic rings. The molecule has 1 aromatic carbocycles. The number of rotatable bonds is 8. The van der Waals surface area contributed by atoms with Gasteiger partial charge in [0.2, 0.25) is 5.91 Å². The molecule has 0 fully saturated rings. The average Bonchev–Trinajstić information content (AvgIpc) is 3.06. The summed E-state index contributed by atoms with van der Waals surface area (Å²) in [5.74, 6) is 0.0119. The van der Waals surface area contributed by atoms with E-state index in [9.17, 15) is 4.79 Å². The maximum absolute atomic E-state index is 12.1.